The van der Waals surface area contributed by atoms with E-state index in [1.807, 2.05) is 0 Å². The third-order valence-corrected chi connectivity index (χ3v) is 1.18. The van der Waals surface area contributed by atoms with E-state index in [1.54, 1.807) is 19.0 Å². The predicted molar refractivity (Wildman–Crippen MR) is 44.9 cm³/mol. The summed E-state index contributed by atoms with van der Waals surface area (Å²) in [5, 5.41) is 5.77. The zero-order valence-electron chi connectivity index (χ0n) is 7.05. The first-order valence-corrected chi connectivity index (χ1v) is 3.46. The molecule has 0 aliphatic rings. The Labute approximate surface area is 67.3 Å². The second-order valence-corrected chi connectivity index (χ2v) is 2.11. The Bertz CT molecular complexity index is 130. The summed E-state index contributed by atoms with van der Waals surface area (Å²) in [7, 11) is 3.58. The highest BCUT2D eigenvalue weighted by Crippen LogP contribution is 1.84. The molecule has 0 aliphatic carbocycles. The third kappa shape index (κ3) is 3.75. The molecule has 64 valence electrons. The molecular formula is C7H15N3O. The Kier molecular flexibility index (Phi) is 5.42. The number of hydrogen-bond donors (Lipinski definition) is 2. The molecular weight excluding hydrogens is 142 g/mol. The summed E-state index contributed by atoms with van der Waals surface area (Å²) in [6.07, 6.45) is 1.30. The van der Waals surface area contributed by atoms with Crippen molar-refractivity contribution in [3.05, 3.63) is 12.7 Å². The topological polar surface area (TPSA) is 44.4 Å². The van der Waals surface area contributed by atoms with Crippen LogP contribution < -0.4 is 10.6 Å². The van der Waals surface area contributed by atoms with Crippen LogP contribution >= 0.6 is 0 Å². The van der Waals surface area contributed by atoms with Crippen LogP contribution in [0.15, 0.2) is 12.7 Å². The van der Waals surface area contributed by atoms with E-state index < -0.39 is 0 Å². The van der Waals surface area contributed by atoms with E-state index in [0.717, 1.165) is 0 Å². The number of amides is 1. The van der Waals surface area contributed by atoms with Crippen molar-refractivity contribution in [1.82, 2.24) is 15.5 Å². The second-order valence-electron chi connectivity index (χ2n) is 2.11. The van der Waals surface area contributed by atoms with Crippen LogP contribution in [0.5, 0.6) is 0 Å². The van der Waals surface area contributed by atoms with Gasteiger partial charge in [0, 0.05) is 0 Å². The molecule has 0 fully saturated rings. The van der Waals surface area contributed by atoms with E-state index in [1.165, 1.54) is 6.08 Å². The highest BCUT2D eigenvalue weighted by Gasteiger charge is 2.05. The zero-order chi connectivity index (χ0) is 8.69. The quantitative estimate of drug-likeness (QED) is 0.412. The van der Waals surface area contributed by atoms with Gasteiger partial charge in [-0.3, -0.25) is 4.79 Å². The number of carbonyl (C=O) groups is 1. The summed E-state index contributed by atoms with van der Waals surface area (Å²) >= 11 is 0. The van der Waals surface area contributed by atoms with E-state index in [2.05, 4.69) is 17.2 Å². The lowest BCUT2D eigenvalue weighted by Gasteiger charge is -2.19. The van der Waals surface area contributed by atoms with Crippen molar-refractivity contribution in [3.8, 4) is 0 Å². The van der Waals surface area contributed by atoms with Crippen LogP contribution in [0, 0.1) is 0 Å². The third-order valence-electron chi connectivity index (χ3n) is 1.18. The lowest BCUT2D eigenvalue weighted by Crippen LogP contribution is -2.41. The minimum atomic E-state index is -0.0753. The maximum atomic E-state index is 11.0. The SMILES string of the molecule is C=CC(=O)N(CNC)CNC. The molecule has 0 rings (SSSR count). The molecule has 0 heterocycles. The van der Waals surface area contributed by atoms with Gasteiger partial charge in [0.15, 0.2) is 0 Å². The van der Waals surface area contributed by atoms with Gasteiger partial charge in [0.05, 0.1) is 13.3 Å². The van der Waals surface area contributed by atoms with Crippen molar-refractivity contribution in [3.63, 3.8) is 0 Å². The first-order chi connectivity index (χ1) is 5.26. The van der Waals surface area contributed by atoms with Crippen molar-refractivity contribution in [2.75, 3.05) is 27.4 Å². The minimum absolute atomic E-state index is 0.0753. The molecule has 0 aromatic rings. The highest BCUT2D eigenvalue weighted by atomic mass is 16.2. The molecule has 0 atom stereocenters. The maximum Gasteiger partial charge on any atom is 0.248 e. The van der Waals surface area contributed by atoms with Crippen molar-refractivity contribution in [2.24, 2.45) is 0 Å². The second kappa shape index (κ2) is 5.88. The minimum Gasteiger partial charge on any atom is -0.314 e. The largest absolute Gasteiger partial charge is 0.314 e. The number of carbonyl (C=O) groups excluding carboxylic acids is 1. The molecule has 0 spiro atoms. The van der Waals surface area contributed by atoms with Crippen molar-refractivity contribution in [1.29, 1.82) is 0 Å². The molecule has 0 radical (unpaired) electrons. The Balaban J connectivity index is 3.86. The summed E-state index contributed by atoms with van der Waals surface area (Å²) in [5.41, 5.74) is 0. The maximum absolute atomic E-state index is 11.0. The van der Waals surface area contributed by atoms with Gasteiger partial charge in [-0.25, -0.2) is 0 Å². The lowest BCUT2D eigenvalue weighted by atomic mass is 10.5. The van der Waals surface area contributed by atoms with Gasteiger partial charge in [-0.05, 0) is 20.2 Å². The van der Waals surface area contributed by atoms with Crippen LogP contribution in [0.2, 0.25) is 0 Å². The Hall–Kier alpha value is -0.870. The molecule has 0 saturated heterocycles. The predicted octanol–water partition coefficient (Wildman–Crippen LogP) is -0.645. The Morgan fingerprint density at radius 2 is 1.91 bits per heavy atom. The summed E-state index contributed by atoms with van der Waals surface area (Å²) < 4.78 is 0. The monoisotopic (exact) mass is 157 g/mol. The molecule has 0 saturated carbocycles. The Morgan fingerprint density at radius 3 is 2.18 bits per heavy atom. The van der Waals surface area contributed by atoms with Crippen LogP contribution in [-0.4, -0.2) is 38.2 Å². The summed E-state index contributed by atoms with van der Waals surface area (Å²) in [6.45, 7) is 4.47. The van der Waals surface area contributed by atoms with E-state index in [4.69, 9.17) is 0 Å². The molecule has 0 bridgehead atoms. The van der Waals surface area contributed by atoms with Gasteiger partial charge in [-0.2, -0.15) is 0 Å². The van der Waals surface area contributed by atoms with E-state index in [-0.39, 0.29) is 5.91 Å². The fourth-order valence-electron chi connectivity index (χ4n) is 0.723. The number of nitrogens with zero attached hydrogens (tertiary/aromatic N) is 1. The number of hydrogen-bond acceptors (Lipinski definition) is 3. The average Bonchev–Trinajstić information content (AvgIpc) is 2.03. The van der Waals surface area contributed by atoms with Crippen molar-refractivity contribution in [2.45, 2.75) is 0 Å². The Morgan fingerprint density at radius 1 is 1.45 bits per heavy atom. The first kappa shape index (κ1) is 10.1. The van der Waals surface area contributed by atoms with E-state index in [0.29, 0.717) is 13.3 Å². The first-order valence-electron chi connectivity index (χ1n) is 3.46. The fourth-order valence-corrected chi connectivity index (χ4v) is 0.723. The summed E-state index contributed by atoms with van der Waals surface area (Å²) in [6, 6.07) is 0. The molecule has 2 N–H and O–H groups in total. The van der Waals surface area contributed by atoms with Crippen LogP contribution in [-0.2, 0) is 4.79 Å². The van der Waals surface area contributed by atoms with E-state index >= 15 is 0 Å². The fraction of sp³-hybridized carbons (Fsp3) is 0.571. The lowest BCUT2D eigenvalue weighted by molar-refractivity contribution is -0.126. The van der Waals surface area contributed by atoms with Gasteiger partial charge < -0.3 is 15.5 Å². The smallest absolute Gasteiger partial charge is 0.248 e. The van der Waals surface area contributed by atoms with Crippen LogP contribution in [0.25, 0.3) is 0 Å². The molecule has 4 nitrogen and oxygen atoms in total. The van der Waals surface area contributed by atoms with Gasteiger partial charge in [0.2, 0.25) is 5.91 Å². The van der Waals surface area contributed by atoms with E-state index in [9.17, 15) is 4.79 Å². The molecule has 1 amide bonds. The van der Waals surface area contributed by atoms with Gasteiger partial charge in [-0.1, -0.05) is 6.58 Å². The molecule has 0 aromatic carbocycles. The molecule has 4 heteroatoms. The zero-order valence-corrected chi connectivity index (χ0v) is 7.05. The summed E-state index contributed by atoms with van der Waals surface area (Å²) in [5.74, 6) is -0.0753. The summed E-state index contributed by atoms with van der Waals surface area (Å²) in [4.78, 5) is 12.6. The highest BCUT2D eigenvalue weighted by molar-refractivity contribution is 5.86. The molecule has 11 heavy (non-hydrogen) atoms. The van der Waals surface area contributed by atoms with Gasteiger partial charge in [-0.15, -0.1) is 0 Å². The average molecular weight is 157 g/mol. The van der Waals surface area contributed by atoms with Crippen LogP contribution in [0.4, 0.5) is 0 Å². The van der Waals surface area contributed by atoms with Crippen molar-refractivity contribution >= 4 is 5.91 Å². The molecule has 0 unspecified atom stereocenters. The normalized spacial score (nSPS) is 9.27. The number of nitrogens with one attached hydrogen (secondary N) is 2. The molecule has 0 aromatic heterocycles. The van der Waals surface area contributed by atoms with Gasteiger partial charge >= 0.3 is 0 Å². The van der Waals surface area contributed by atoms with Gasteiger partial charge in [0.1, 0.15) is 0 Å². The van der Waals surface area contributed by atoms with Crippen LogP contribution in [0.1, 0.15) is 0 Å². The van der Waals surface area contributed by atoms with Crippen LogP contribution in [0.3, 0.4) is 0 Å². The standard InChI is InChI=1S/C7H15N3O/c1-4-7(11)10(5-8-2)6-9-3/h4,8-9H,1,5-6H2,2-3H3. The van der Waals surface area contributed by atoms with Gasteiger partial charge in [0.25, 0.3) is 0 Å². The number of rotatable bonds is 5. The molecule has 0 aliphatic heterocycles. The van der Waals surface area contributed by atoms with Crippen molar-refractivity contribution < 1.29 is 4.79 Å².